The van der Waals surface area contributed by atoms with Crippen LogP contribution in [0.15, 0.2) is 0 Å². The predicted octanol–water partition coefficient (Wildman–Crippen LogP) is 1.34. The monoisotopic (exact) mass is 186 g/mol. The number of nitrogens with zero attached hydrogens (tertiary/aromatic N) is 1. The van der Waals surface area contributed by atoms with E-state index in [9.17, 15) is 4.79 Å². The highest BCUT2D eigenvalue weighted by Crippen LogP contribution is 2.21. The number of carboxylic acid groups (broad SMARTS) is 1. The van der Waals surface area contributed by atoms with Crippen molar-refractivity contribution < 1.29 is 14.4 Å². The van der Waals surface area contributed by atoms with E-state index in [2.05, 4.69) is 14.0 Å². The third kappa shape index (κ3) is 3.35. The van der Waals surface area contributed by atoms with E-state index < -0.39 is 5.97 Å². The highest BCUT2D eigenvalue weighted by Gasteiger charge is 2.28. The van der Waals surface area contributed by atoms with E-state index in [4.69, 9.17) is 5.11 Å². The molecule has 0 amide bonds. The van der Waals surface area contributed by atoms with Crippen LogP contribution in [0.1, 0.15) is 26.2 Å². The van der Waals surface area contributed by atoms with Crippen molar-refractivity contribution in [3.8, 4) is 0 Å². The maximum Gasteiger partial charge on any atom is 0.309 e. The molecule has 0 unspecified atom stereocenters. The second-order valence-corrected chi connectivity index (χ2v) is 4.62. The second kappa shape index (κ2) is 4.09. The molecule has 0 atom stereocenters. The molecule has 0 aromatic rings. The van der Waals surface area contributed by atoms with Gasteiger partial charge in [0.05, 0.1) is 33.1 Å². The third-order valence-corrected chi connectivity index (χ3v) is 3.19. The predicted molar refractivity (Wildman–Crippen MR) is 51.4 cm³/mol. The summed E-state index contributed by atoms with van der Waals surface area (Å²) in [7, 11) is 2.18. The molecule has 0 saturated carbocycles. The molecule has 1 heterocycles. The van der Waals surface area contributed by atoms with Crippen LogP contribution in [-0.2, 0) is 4.79 Å². The van der Waals surface area contributed by atoms with Gasteiger partial charge in [-0.25, -0.2) is 0 Å². The maximum absolute atomic E-state index is 10.4. The number of hydrogen-bond acceptors (Lipinski definition) is 1. The van der Waals surface area contributed by atoms with E-state index in [0.29, 0.717) is 6.42 Å². The van der Waals surface area contributed by atoms with E-state index in [0.717, 1.165) is 30.0 Å². The van der Waals surface area contributed by atoms with Crippen molar-refractivity contribution in [2.75, 3.05) is 26.7 Å². The van der Waals surface area contributed by atoms with Crippen LogP contribution >= 0.6 is 0 Å². The van der Waals surface area contributed by atoms with Gasteiger partial charge in [0.2, 0.25) is 0 Å². The van der Waals surface area contributed by atoms with E-state index in [1.54, 1.807) is 0 Å². The molecule has 0 aromatic heterocycles. The van der Waals surface area contributed by atoms with Crippen LogP contribution in [0.4, 0.5) is 0 Å². The quantitative estimate of drug-likeness (QED) is 0.675. The number of piperidine rings is 1. The Balaban J connectivity index is 2.34. The molecule has 0 bridgehead atoms. The van der Waals surface area contributed by atoms with Crippen LogP contribution < -0.4 is 0 Å². The van der Waals surface area contributed by atoms with Crippen molar-refractivity contribution in [2.24, 2.45) is 5.92 Å². The number of aliphatic carboxylic acids is 1. The largest absolute Gasteiger partial charge is 0.481 e. The lowest BCUT2D eigenvalue weighted by Gasteiger charge is -2.39. The zero-order valence-electron chi connectivity index (χ0n) is 8.62. The minimum atomic E-state index is -0.669. The summed E-state index contributed by atoms with van der Waals surface area (Å²) >= 11 is 0. The molecule has 3 heteroatoms. The molecular formula is C10H20NO2+. The molecule has 1 rings (SSSR count). The number of carbonyl (C=O) groups is 1. The van der Waals surface area contributed by atoms with Crippen LogP contribution in [0.3, 0.4) is 0 Å². The minimum Gasteiger partial charge on any atom is -0.481 e. The molecule has 1 fully saturated rings. The summed E-state index contributed by atoms with van der Waals surface area (Å²) < 4.78 is 0.955. The Hall–Kier alpha value is -0.570. The van der Waals surface area contributed by atoms with E-state index in [1.165, 1.54) is 12.8 Å². The lowest BCUT2D eigenvalue weighted by atomic mass is 9.97. The summed E-state index contributed by atoms with van der Waals surface area (Å²) in [6, 6.07) is 0. The van der Waals surface area contributed by atoms with Gasteiger partial charge in [0.15, 0.2) is 0 Å². The lowest BCUT2D eigenvalue weighted by molar-refractivity contribution is -0.914. The number of quaternary nitrogens is 1. The number of rotatable bonds is 3. The molecule has 1 aliphatic heterocycles. The topological polar surface area (TPSA) is 37.3 Å². The summed E-state index contributed by atoms with van der Waals surface area (Å²) in [6.45, 7) is 5.37. The average Bonchev–Trinajstić information content (AvgIpc) is 2.08. The van der Waals surface area contributed by atoms with Crippen molar-refractivity contribution >= 4 is 5.97 Å². The molecule has 0 aromatic carbocycles. The van der Waals surface area contributed by atoms with Crippen LogP contribution in [0.25, 0.3) is 0 Å². The fraction of sp³-hybridized carbons (Fsp3) is 0.900. The summed E-state index contributed by atoms with van der Waals surface area (Å²) in [4.78, 5) is 10.4. The van der Waals surface area contributed by atoms with Gasteiger partial charge < -0.3 is 9.59 Å². The Bertz CT molecular complexity index is 183. The smallest absolute Gasteiger partial charge is 0.309 e. The first kappa shape index (κ1) is 10.5. The van der Waals surface area contributed by atoms with Gasteiger partial charge in [0.1, 0.15) is 0 Å². The SMILES string of the molecule is CC1CC[N+](C)(CCC(=O)O)CC1. The van der Waals surface area contributed by atoms with Gasteiger partial charge in [-0.15, -0.1) is 0 Å². The summed E-state index contributed by atoms with van der Waals surface area (Å²) in [5, 5.41) is 8.60. The molecular weight excluding hydrogens is 166 g/mol. The normalized spacial score (nSPS) is 34.5. The van der Waals surface area contributed by atoms with Gasteiger partial charge in [-0.3, -0.25) is 4.79 Å². The van der Waals surface area contributed by atoms with Gasteiger partial charge in [0, 0.05) is 0 Å². The summed E-state index contributed by atoms with van der Waals surface area (Å²) in [5.74, 6) is 0.161. The minimum absolute atomic E-state index is 0.310. The molecule has 1 saturated heterocycles. The first-order chi connectivity index (χ1) is 6.02. The van der Waals surface area contributed by atoms with Crippen molar-refractivity contribution in [3.05, 3.63) is 0 Å². The maximum atomic E-state index is 10.4. The van der Waals surface area contributed by atoms with Crippen LogP contribution in [0.2, 0.25) is 0 Å². The van der Waals surface area contributed by atoms with Crippen molar-refractivity contribution in [1.29, 1.82) is 0 Å². The van der Waals surface area contributed by atoms with Crippen LogP contribution in [-0.4, -0.2) is 42.2 Å². The van der Waals surface area contributed by atoms with Gasteiger partial charge >= 0.3 is 5.97 Å². The lowest BCUT2D eigenvalue weighted by Crippen LogP contribution is -2.50. The zero-order chi connectivity index (χ0) is 9.90. The Morgan fingerprint density at radius 3 is 2.46 bits per heavy atom. The molecule has 0 radical (unpaired) electrons. The number of carboxylic acids is 1. The van der Waals surface area contributed by atoms with Crippen molar-refractivity contribution in [2.45, 2.75) is 26.2 Å². The van der Waals surface area contributed by atoms with Crippen molar-refractivity contribution in [1.82, 2.24) is 0 Å². The van der Waals surface area contributed by atoms with E-state index in [-0.39, 0.29) is 0 Å². The Morgan fingerprint density at radius 2 is 2.00 bits per heavy atom. The standard InChI is InChI=1S/C10H19NO2/c1-9-3-6-11(2,7-4-9)8-5-10(12)13/h9H,3-8H2,1-2H3/p+1. The molecule has 0 aliphatic carbocycles. The molecule has 76 valence electrons. The fourth-order valence-electron chi connectivity index (χ4n) is 1.91. The average molecular weight is 186 g/mol. The Morgan fingerprint density at radius 1 is 1.46 bits per heavy atom. The van der Waals surface area contributed by atoms with Gasteiger partial charge in [-0.2, -0.15) is 0 Å². The molecule has 1 N–H and O–H groups in total. The first-order valence-corrected chi connectivity index (χ1v) is 5.07. The third-order valence-electron chi connectivity index (χ3n) is 3.19. The van der Waals surface area contributed by atoms with Crippen LogP contribution in [0, 0.1) is 5.92 Å². The molecule has 0 spiro atoms. The second-order valence-electron chi connectivity index (χ2n) is 4.62. The fourth-order valence-corrected chi connectivity index (χ4v) is 1.91. The van der Waals surface area contributed by atoms with E-state index >= 15 is 0 Å². The van der Waals surface area contributed by atoms with Gasteiger partial charge in [0.25, 0.3) is 0 Å². The van der Waals surface area contributed by atoms with Gasteiger partial charge in [-0.1, -0.05) is 6.92 Å². The zero-order valence-corrected chi connectivity index (χ0v) is 8.62. The van der Waals surface area contributed by atoms with Gasteiger partial charge in [-0.05, 0) is 18.8 Å². The highest BCUT2D eigenvalue weighted by atomic mass is 16.4. The number of likely N-dealkylation sites (tertiary alicyclic amines) is 1. The Labute approximate surface area is 79.9 Å². The molecule has 13 heavy (non-hydrogen) atoms. The summed E-state index contributed by atoms with van der Waals surface area (Å²) in [5.41, 5.74) is 0. The molecule has 1 aliphatic rings. The highest BCUT2D eigenvalue weighted by molar-refractivity contribution is 5.66. The summed E-state index contributed by atoms with van der Waals surface area (Å²) in [6.07, 6.45) is 2.80. The Kier molecular flexibility index (Phi) is 3.31. The van der Waals surface area contributed by atoms with Crippen molar-refractivity contribution in [3.63, 3.8) is 0 Å². The molecule has 3 nitrogen and oxygen atoms in total. The first-order valence-electron chi connectivity index (χ1n) is 5.07. The van der Waals surface area contributed by atoms with Crippen LogP contribution in [0.5, 0.6) is 0 Å². The van der Waals surface area contributed by atoms with E-state index in [1.807, 2.05) is 0 Å². The number of hydrogen-bond donors (Lipinski definition) is 1.